The summed E-state index contributed by atoms with van der Waals surface area (Å²) in [6.45, 7) is 3.78. The second-order valence-corrected chi connectivity index (χ2v) is 7.40. The van der Waals surface area contributed by atoms with Crippen molar-refractivity contribution in [1.82, 2.24) is 10.6 Å². The third-order valence-corrected chi connectivity index (χ3v) is 5.54. The highest BCUT2D eigenvalue weighted by atomic mass is 16.5. The number of guanidine groups is 1. The summed E-state index contributed by atoms with van der Waals surface area (Å²) in [4.78, 5) is 6.76. The van der Waals surface area contributed by atoms with Crippen LogP contribution >= 0.6 is 0 Å². The highest BCUT2D eigenvalue weighted by Crippen LogP contribution is 2.30. The molecule has 0 aromatic heterocycles. The van der Waals surface area contributed by atoms with Crippen LogP contribution in [-0.4, -0.2) is 65.6 Å². The average molecular weight is 391 g/mol. The van der Waals surface area contributed by atoms with Gasteiger partial charge in [-0.05, 0) is 32.1 Å². The highest BCUT2D eigenvalue weighted by molar-refractivity contribution is 5.80. The maximum atomic E-state index is 5.68. The Morgan fingerprint density at radius 1 is 1.14 bits per heavy atom. The molecule has 2 fully saturated rings. The maximum absolute atomic E-state index is 5.68. The quantitative estimate of drug-likeness (QED) is 0.551. The third-order valence-electron chi connectivity index (χ3n) is 5.54. The van der Waals surface area contributed by atoms with Gasteiger partial charge in [-0.1, -0.05) is 0 Å². The zero-order valence-corrected chi connectivity index (χ0v) is 17.4. The summed E-state index contributed by atoms with van der Waals surface area (Å²) < 4.78 is 16.5. The predicted octanol–water partition coefficient (Wildman–Crippen LogP) is 2.41. The van der Waals surface area contributed by atoms with Gasteiger partial charge in [-0.15, -0.1) is 0 Å². The van der Waals surface area contributed by atoms with Crippen molar-refractivity contribution in [2.75, 3.05) is 52.4 Å². The molecule has 7 heteroatoms. The van der Waals surface area contributed by atoms with Gasteiger partial charge in [0.2, 0.25) is 0 Å². The first kappa shape index (κ1) is 20.6. The number of piperidine rings is 1. The van der Waals surface area contributed by atoms with Crippen molar-refractivity contribution in [3.63, 3.8) is 0 Å². The number of benzene rings is 1. The Labute approximate surface area is 168 Å². The molecule has 2 N–H and O–H groups in total. The molecule has 2 aliphatic rings. The molecule has 2 aliphatic heterocycles. The summed E-state index contributed by atoms with van der Waals surface area (Å²) in [5, 5.41) is 7.00. The van der Waals surface area contributed by atoms with Gasteiger partial charge in [0.25, 0.3) is 0 Å². The van der Waals surface area contributed by atoms with Crippen molar-refractivity contribution >= 4 is 11.6 Å². The van der Waals surface area contributed by atoms with E-state index in [0.29, 0.717) is 12.1 Å². The smallest absolute Gasteiger partial charge is 0.191 e. The van der Waals surface area contributed by atoms with Crippen molar-refractivity contribution in [3.8, 4) is 11.5 Å². The van der Waals surface area contributed by atoms with E-state index < -0.39 is 0 Å². The second kappa shape index (κ2) is 10.4. The zero-order valence-electron chi connectivity index (χ0n) is 17.4. The van der Waals surface area contributed by atoms with Crippen LogP contribution in [0.25, 0.3) is 0 Å². The fraction of sp³-hybridized carbons (Fsp3) is 0.667. The largest absolute Gasteiger partial charge is 0.497 e. The lowest BCUT2D eigenvalue weighted by molar-refractivity contribution is 0.105. The van der Waals surface area contributed by atoms with E-state index >= 15 is 0 Å². The molecular weight excluding hydrogens is 356 g/mol. The van der Waals surface area contributed by atoms with Gasteiger partial charge < -0.3 is 29.7 Å². The van der Waals surface area contributed by atoms with Crippen LogP contribution in [0.2, 0.25) is 0 Å². The molecule has 28 heavy (non-hydrogen) atoms. The number of methoxy groups -OCH3 is 2. The highest BCUT2D eigenvalue weighted by Gasteiger charge is 2.21. The van der Waals surface area contributed by atoms with Gasteiger partial charge in [0, 0.05) is 63.2 Å². The summed E-state index contributed by atoms with van der Waals surface area (Å²) in [6, 6.07) is 6.48. The second-order valence-electron chi connectivity index (χ2n) is 7.40. The normalized spacial score (nSPS) is 20.9. The van der Waals surface area contributed by atoms with Crippen LogP contribution in [0.4, 0.5) is 5.69 Å². The van der Waals surface area contributed by atoms with Gasteiger partial charge >= 0.3 is 0 Å². The number of hydrogen-bond acceptors (Lipinski definition) is 5. The van der Waals surface area contributed by atoms with Crippen LogP contribution in [0, 0.1) is 0 Å². The lowest BCUT2D eigenvalue weighted by Crippen LogP contribution is -2.49. The minimum absolute atomic E-state index is 0.411. The molecule has 0 saturated carbocycles. The average Bonchev–Trinajstić information content (AvgIpc) is 3.26. The van der Waals surface area contributed by atoms with E-state index in [0.717, 1.165) is 68.6 Å². The minimum Gasteiger partial charge on any atom is -0.497 e. The topological polar surface area (TPSA) is 67.4 Å². The summed E-state index contributed by atoms with van der Waals surface area (Å²) in [7, 11) is 5.21. The first-order valence-electron chi connectivity index (χ1n) is 10.3. The molecule has 156 valence electrons. The van der Waals surface area contributed by atoms with Gasteiger partial charge in [-0.3, -0.25) is 4.99 Å². The maximum Gasteiger partial charge on any atom is 0.191 e. The third kappa shape index (κ3) is 5.67. The Balaban J connectivity index is 1.45. The van der Waals surface area contributed by atoms with Crippen LogP contribution in [0.3, 0.4) is 0 Å². The fourth-order valence-corrected chi connectivity index (χ4v) is 3.87. The molecule has 0 amide bonds. The first-order chi connectivity index (χ1) is 13.7. The molecule has 2 saturated heterocycles. The monoisotopic (exact) mass is 390 g/mol. The summed E-state index contributed by atoms with van der Waals surface area (Å²) >= 11 is 0. The number of nitrogens with zero attached hydrogens (tertiary/aromatic N) is 2. The number of anilines is 1. The van der Waals surface area contributed by atoms with Crippen molar-refractivity contribution in [2.45, 2.75) is 44.2 Å². The molecule has 1 aromatic carbocycles. The molecule has 0 aliphatic carbocycles. The Morgan fingerprint density at radius 2 is 1.86 bits per heavy atom. The molecule has 1 aromatic rings. The van der Waals surface area contributed by atoms with E-state index in [4.69, 9.17) is 14.2 Å². The van der Waals surface area contributed by atoms with Crippen LogP contribution < -0.4 is 25.0 Å². The molecule has 1 unspecified atom stereocenters. The van der Waals surface area contributed by atoms with Crippen LogP contribution in [0.5, 0.6) is 11.5 Å². The summed E-state index contributed by atoms with van der Waals surface area (Å²) in [5.41, 5.74) is 1.15. The van der Waals surface area contributed by atoms with E-state index in [1.807, 2.05) is 13.1 Å². The van der Waals surface area contributed by atoms with Gasteiger partial charge in [-0.2, -0.15) is 0 Å². The van der Waals surface area contributed by atoms with Gasteiger partial charge in [-0.25, -0.2) is 0 Å². The first-order valence-corrected chi connectivity index (χ1v) is 10.3. The van der Waals surface area contributed by atoms with Crippen LogP contribution in [0.1, 0.15) is 32.1 Å². The van der Waals surface area contributed by atoms with Crippen molar-refractivity contribution in [3.05, 3.63) is 18.2 Å². The SMILES string of the molecule is CN=C(NCCC1CCCO1)NC1CCN(c2cc(OC)cc(OC)c2)CC1. The number of aliphatic imine (C=N–C) groups is 1. The summed E-state index contributed by atoms with van der Waals surface area (Å²) in [6.07, 6.45) is 5.94. The Morgan fingerprint density at radius 3 is 2.43 bits per heavy atom. The predicted molar refractivity (Wildman–Crippen MR) is 113 cm³/mol. The molecule has 7 nitrogen and oxygen atoms in total. The van der Waals surface area contributed by atoms with Crippen LogP contribution in [0.15, 0.2) is 23.2 Å². The van der Waals surface area contributed by atoms with E-state index in [-0.39, 0.29) is 0 Å². The van der Waals surface area contributed by atoms with E-state index in [9.17, 15) is 0 Å². The molecule has 0 bridgehead atoms. The zero-order chi connectivity index (χ0) is 19.8. The van der Waals surface area contributed by atoms with Crippen molar-refractivity contribution in [2.24, 2.45) is 4.99 Å². The molecule has 0 spiro atoms. The molecule has 2 heterocycles. The van der Waals surface area contributed by atoms with E-state index in [1.165, 1.54) is 12.8 Å². The van der Waals surface area contributed by atoms with E-state index in [1.54, 1.807) is 14.2 Å². The Bertz CT molecular complexity index is 616. The fourth-order valence-electron chi connectivity index (χ4n) is 3.87. The number of nitrogens with one attached hydrogen (secondary N) is 2. The standard InChI is InChI=1S/C21H34N4O3/c1-22-21(23-9-6-18-5-4-12-28-18)24-16-7-10-25(11-8-16)17-13-19(26-2)15-20(14-17)27-3/h13-16,18H,4-12H2,1-3H3,(H2,22,23,24). The van der Waals surface area contributed by atoms with Gasteiger partial charge in [0.05, 0.1) is 20.3 Å². The lowest BCUT2D eigenvalue weighted by Gasteiger charge is -2.34. The van der Waals surface area contributed by atoms with Crippen molar-refractivity contribution < 1.29 is 14.2 Å². The molecule has 1 atom stereocenters. The Hall–Kier alpha value is -2.15. The summed E-state index contributed by atoms with van der Waals surface area (Å²) in [5.74, 6) is 2.54. The molecular formula is C21H34N4O3. The van der Waals surface area contributed by atoms with Crippen LogP contribution in [-0.2, 0) is 4.74 Å². The van der Waals surface area contributed by atoms with Gasteiger partial charge in [0.1, 0.15) is 11.5 Å². The molecule has 0 radical (unpaired) electrons. The van der Waals surface area contributed by atoms with Crippen molar-refractivity contribution in [1.29, 1.82) is 0 Å². The molecule has 3 rings (SSSR count). The number of ether oxygens (including phenoxy) is 3. The minimum atomic E-state index is 0.411. The van der Waals surface area contributed by atoms with E-state index in [2.05, 4.69) is 32.7 Å². The Kier molecular flexibility index (Phi) is 7.65. The number of rotatable bonds is 7. The van der Waals surface area contributed by atoms with Gasteiger partial charge in [0.15, 0.2) is 5.96 Å². The number of hydrogen-bond donors (Lipinski definition) is 2. The lowest BCUT2D eigenvalue weighted by atomic mass is 10.0.